The summed E-state index contributed by atoms with van der Waals surface area (Å²) in [6.07, 6.45) is 0. The van der Waals surface area contributed by atoms with Crippen molar-refractivity contribution in [3.63, 3.8) is 0 Å². The summed E-state index contributed by atoms with van der Waals surface area (Å²) in [6, 6.07) is 4.38. The van der Waals surface area contributed by atoms with Crippen LogP contribution in [0.15, 0.2) is 22.6 Å². The minimum Gasteiger partial charge on any atom is -0.496 e. The fraction of sp³-hybridized carbons (Fsp3) is 0.250. The lowest BCUT2D eigenvalue weighted by Gasteiger charge is -2.06. The smallest absolute Gasteiger partial charge is 0.273 e. The van der Waals surface area contributed by atoms with Gasteiger partial charge in [0.1, 0.15) is 5.75 Å². The average molecular weight is 248 g/mol. The average Bonchev–Trinajstić information content (AvgIpc) is 2.67. The molecule has 2 rings (SSSR count). The number of oxazole rings is 1. The second-order valence-electron chi connectivity index (χ2n) is 3.79. The molecular formula is C12H12N2O4. The molecule has 1 aromatic carbocycles. The summed E-state index contributed by atoms with van der Waals surface area (Å²) in [6.45, 7) is 3.56. The fourth-order valence-electron chi connectivity index (χ4n) is 1.76. The summed E-state index contributed by atoms with van der Waals surface area (Å²) < 4.78 is 10.6. The van der Waals surface area contributed by atoms with Crippen LogP contribution >= 0.6 is 0 Å². The van der Waals surface area contributed by atoms with Crippen LogP contribution in [0, 0.1) is 24.0 Å². The van der Waals surface area contributed by atoms with E-state index in [2.05, 4.69) is 4.98 Å². The normalized spacial score (nSPS) is 10.4. The Labute approximate surface area is 103 Å². The summed E-state index contributed by atoms with van der Waals surface area (Å²) in [5, 5.41) is 10.7. The predicted octanol–water partition coefficient (Wildman–Crippen LogP) is 2.88. The largest absolute Gasteiger partial charge is 0.496 e. The number of rotatable bonds is 3. The molecular weight excluding hydrogens is 236 g/mol. The van der Waals surface area contributed by atoms with E-state index >= 15 is 0 Å². The van der Waals surface area contributed by atoms with Crippen molar-refractivity contribution in [2.24, 2.45) is 0 Å². The maximum absolute atomic E-state index is 10.7. The van der Waals surface area contributed by atoms with Gasteiger partial charge in [-0.1, -0.05) is 0 Å². The molecule has 0 atom stereocenters. The number of hydrogen-bond acceptors (Lipinski definition) is 5. The number of nitrogens with zero attached hydrogens (tertiary/aromatic N) is 2. The molecule has 0 saturated carbocycles. The maximum atomic E-state index is 10.7. The number of ether oxygens (including phenoxy) is 1. The van der Waals surface area contributed by atoms with Crippen molar-refractivity contribution in [3.05, 3.63) is 39.9 Å². The number of nitro benzene ring substituents is 1. The molecule has 6 heteroatoms. The summed E-state index contributed by atoms with van der Waals surface area (Å²) in [5.41, 5.74) is 1.35. The first-order valence-corrected chi connectivity index (χ1v) is 5.29. The first kappa shape index (κ1) is 12.1. The van der Waals surface area contributed by atoms with Crippen LogP contribution in [-0.2, 0) is 0 Å². The Hall–Kier alpha value is -2.37. The van der Waals surface area contributed by atoms with Gasteiger partial charge in [-0.3, -0.25) is 10.1 Å². The number of methoxy groups -OCH3 is 1. The van der Waals surface area contributed by atoms with Crippen LogP contribution < -0.4 is 4.74 Å². The molecule has 1 heterocycles. The van der Waals surface area contributed by atoms with Gasteiger partial charge in [0.25, 0.3) is 5.69 Å². The lowest BCUT2D eigenvalue weighted by molar-refractivity contribution is -0.384. The molecule has 0 N–H and O–H groups in total. The van der Waals surface area contributed by atoms with Crippen molar-refractivity contribution in [2.45, 2.75) is 13.8 Å². The zero-order chi connectivity index (χ0) is 13.3. The van der Waals surface area contributed by atoms with Gasteiger partial charge >= 0.3 is 0 Å². The Morgan fingerprint density at radius 2 is 2.11 bits per heavy atom. The van der Waals surface area contributed by atoms with Crippen molar-refractivity contribution >= 4 is 5.69 Å². The van der Waals surface area contributed by atoms with E-state index in [1.165, 1.54) is 19.2 Å². The number of aromatic nitrogens is 1. The van der Waals surface area contributed by atoms with E-state index in [0.717, 1.165) is 5.69 Å². The first-order valence-electron chi connectivity index (χ1n) is 5.29. The summed E-state index contributed by atoms with van der Waals surface area (Å²) in [7, 11) is 1.46. The molecule has 0 aliphatic heterocycles. The first-order chi connectivity index (χ1) is 8.52. The van der Waals surface area contributed by atoms with E-state index in [1.807, 2.05) is 6.92 Å². The van der Waals surface area contributed by atoms with Gasteiger partial charge in [-0.05, 0) is 13.0 Å². The number of hydrogen-bond donors (Lipinski definition) is 0. The van der Waals surface area contributed by atoms with Crippen molar-refractivity contribution < 1.29 is 14.1 Å². The standard InChI is InChI=1S/C12H12N2O4/c1-7-12(18-8(2)13-7)10-5-4-9(14(15)16)6-11(10)17-3/h4-6H,1-3H3. The molecule has 0 amide bonds. The zero-order valence-electron chi connectivity index (χ0n) is 10.3. The van der Waals surface area contributed by atoms with E-state index in [4.69, 9.17) is 9.15 Å². The second-order valence-corrected chi connectivity index (χ2v) is 3.79. The van der Waals surface area contributed by atoms with E-state index in [0.29, 0.717) is 23.0 Å². The topological polar surface area (TPSA) is 78.4 Å². The Kier molecular flexibility index (Phi) is 3.01. The highest BCUT2D eigenvalue weighted by atomic mass is 16.6. The molecule has 0 aliphatic carbocycles. The van der Waals surface area contributed by atoms with Crippen molar-refractivity contribution in [2.75, 3.05) is 7.11 Å². The van der Waals surface area contributed by atoms with E-state index in [-0.39, 0.29) is 5.69 Å². The number of nitro groups is 1. The van der Waals surface area contributed by atoms with Crippen molar-refractivity contribution in [1.82, 2.24) is 4.98 Å². The molecule has 94 valence electrons. The SMILES string of the molecule is COc1cc([N+](=O)[O-])ccc1-c1oc(C)nc1C. The quantitative estimate of drug-likeness (QED) is 0.616. The molecule has 0 fully saturated rings. The minimum atomic E-state index is -0.467. The van der Waals surface area contributed by atoms with Crippen LogP contribution in [0.25, 0.3) is 11.3 Å². The van der Waals surface area contributed by atoms with Gasteiger partial charge in [0.05, 0.1) is 29.4 Å². The maximum Gasteiger partial charge on any atom is 0.273 e. The lowest BCUT2D eigenvalue weighted by atomic mass is 10.1. The summed E-state index contributed by atoms with van der Waals surface area (Å²) >= 11 is 0. The third-order valence-electron chi connectivity index (χ3n) is 2.54. The molecule has 0 saturated heterocycles. The summed E-state index contributed by atoms with van der Waals surface area (Å²) in [5.74, 6) is 1.51. The van der Waals surface area contributed by atoms with Crippen molar-refractivity contribution in [3.8, 4) is 17.1 Å². The molecule has 0 aliphatic rings. The van der Waals surface area contributed by atoms with Crippen LogP contribution in [0.1, 0.15) is 11.6 Å². The zero-order valence-corrected chi connectivity index (χ0v) is 10.3. The molecule has 0 unspecified atom stereocenters. The lowest BCUT2D eigenvalue weighted by Crippen LogP contribution is -1.92. The van der Waals surface area contributed by atoms with Crippen molar-refractivity contribution in [1.29, 1.82) is 0 Å². The highest BCUT2D eigenvalue weighted by Crippen LogP contribution is 2.35. The Balaban J connectivity index is 2.58. The highest BCUT2D eigenvalue weighted by Gasteiger charge is 2.17. The van der Waals surface area contributed by atoms with Crippen LogP contribution in [0.3, 0.4) is 0 Å². The van der Waals surface area contributed by atoms with Crippen LogP contribution in [0.5, 0.6) is 5.75 Å². The predicted molar refractivity (Wildman–Crippen MR) is 64.6 cm³/mol. The Morgan fingerprint density at radius 1 is 1.39 bits per heavy atom. The van der Waals surface area contributed by atoms with Gasteiger partial charge in [-0.2, -0.15) is 0 Å². The van der Waals surface area contributed by atoms with Gasteiger partial charge < -0.3 is 9.15 Å². The molecule has 6 nitrogen and oxygen atoms in total. The number of aryl methyl sites for hydroxylation is 2. The highest BCUT2D eigenvalue weighted by molar-refractivity contribution is 5.69. The number of benzene rings is 1. The van der Waals surface area contributed by atoms with Crippen LogP contribution in [0.4, 0.5) is 5.69 Å². The van der Waals surface area contributed by atoms with Gasteiger partial charge in [-0.15, -0.1) is 0 Å². The van der Waals surface area contributed by atoms with E-state index < -0.39 is 4.92 Å². The van der Waals surface area contributed by atoms with Gasteiger partial charge in [0.15, 0.2) is 11.7 Å². The Morgan fingerprint density at radius 3 is 2.61 bits per heavy atom. The van der Waals surface area contributed by atoms with Gasteiger partial charge in [0.2, 0.25) is 0 Å². The molecule has 0 spiro atoms. The third-order valence-corrected chi connectivity index (χ3v) is 2.54. The molecule has 0 bridgehead atoms. The number of non-ortho nitro benzene ring substituents is 1. The van der Waals surface area contributed by atoms with E-state index in [1.54, 1.807) is 13.0 Å². The monoisotopic (exact) mass is 248 g/mol. The van der Waals surface area contributed by atoms with Gasteiger partial charge in [-0.25, -0.2) is 4.98 Å². The summed E-state index contributed by atoms with van der Waals surface area (Å²) in [4.78, 5) is 14.4. The fourth-order valence-corrected chi connectivity index (χ4v) is 1.76. The minimum absolute atomic E-state index is 0.0236. The van der Waals surface area contributed by atoms with E-state index in [9.17, 15) is 10.1 Å². The van der Waals surface area contributed by atoms with Crippen LogP contribution in [-0.4, -0.2) is 17.0 Å². The molecule has 0 radical (unpaired) electrons. The van der Waals surface area contributed by atoms with Gasteiger partial charge in [0, 0.05) is 13.0 Å². The Bertz CT molecular complexity index is 604. The molecule has 1 aromatic heterocycles. The molecule has 18 heavy (non-hydrogen) atoms. The third kappa shape index (κ3) is 2.04. The molecule has 2 aromatic rings. The second kappa shape index (κ2) is 4.48. The van der Waals surface area contributed by atoms with Crippen LogP contribution in [0.2, 0.25) is 0 Å².